The van der Waals surface area contributed by atoms with Gasteiger partial charge in [0, 0.05) is 6.54 Å². The van der Waals surface area contributed by atoms with Crippen molar-refractivity contribution in [2.45, 2.75) is 21.9 Å². The zero-order valence-electron chi connectivity index (χ0n) is 12.0. The van der Waals surface area contributed by atoms with Crippen LogP contribution in [0, 0.1) is 0 Å². The zero-order valence-corrected chi connectivity index (χ0v) is 13.6. The van der Waals surface area contributed by atoms with Gasteiger partial charge in [0.1, 0.15) is 13.9 Å². The predicted molar refractivity (Wildman–Crippen MR) is 88.4 cm³/mol. The first-order chi connectivity index (χ1) is 10.3. The summed E-state index contributed by atoms with van der Waals surface area (Å²) in [5.74, 6) is 0. The van der Waals surface area contributed by atoms with Crippen molar-refractivity contribution in [2.24, 2.45) is 4.36 Å². The zero-order chi connectivity index (χ0) is 14.5. The molecular weight excluding hydrogens is 300 g/mol. The Bertz CT molecular complexity index is 668. The molecule has 1 atom stereocenters. The summed E-state index contributed by atoms with van der Waals surface area (Å²) in [6.07, 6.45) is 2.55. The van der Waals surface area contributed by atoms with E-state index in [-0.39, 0.29) is 0 Å². The van der Waals surface area contributed by atoms with Gasteiger partial charge in [-0.1, -0.05) is 24.3 Å². The van der Waals surface area contributed by atoms with Crippen molar-refractivity contribution < 1.29 is 4.21 Å². The van der Waals surface area contributed by atoms with Crippen LogP contribution < -0.4 is 0 Å². The number of hydrogen-bond donors (Lipinski definition) is 0. The molecule has 1 aliphatic rings. The molecule has 0 bridgehead atoms. The fourth-order valence-electron chi connectivity index (χ4n) is 2.60. The van der Waals surface area contributed by atoms with Gasteiger partial charge in [0.05, 0.1) is 11.4 Å². The van der Waals surface area contributed by atoms with Gasteiger partial charge >= 0.3 is 0 Å². The molecule has 5 heteroatoms. The SMILES string of the molecule is O=S(=NCCN1CCCC1)(c1ccccc1)c1cccs1. The quantitative estimate of drug-likeness (QED) is 0.841. The van der Waals surface area contributed by atoms with Gasteiger partial charge in [-0.05, 0) is 49.5 Å². The van der Waals surface area contributed by atoms with Crippen molar-refractivity contribution in [3.05, 3.63) is 47.8 Å². The maximum absolute atomic E-state index is 13.4. The maximum Gasteiger partial charge on any atom is 0.113 e. The lowest BCUT2D eigenvalue weighted by Gasteiger charge is -2.14. The molecule has 2 aromatic rings. The molecule has 1 aromatic heterocycles. The molecule has 112 valence electrons. The van der Waals surface area contributed by atoms with E-state index in [9.17, 15) is 4.21 Å². The van der Waals surface area contributed by atoms with E-state index < -0.39 is 9.73 Å². The Morgan fingerprint density at radius 3 is 2.52 bits per heavy atom. The summed E-state index contributed by atoms with van der Waals surface area (Å²) in [5.41, 5.74) is 0. The van der Waals surface area contributed by atoms with Crippen LogP contribution in [0.25, 0.3) is 0 Å². The molecule has 0 N–H and O–H groups in total. The summed E-state index contributed by atoms with van der Waals surface area (Å²) in [7, 11) is -2.48. The minimum absolute atomic E-state index is 0.631. The van der Waals surface area contributed by atoms with Gasteiger partial charge in [0.2, 0.25) is 0 Å². The van der Waals surface area contributed by atoms with E-state index in [0.29, 0.717) is 6.54 Å². The Morgan fingerprint density at radius 1 is 1.10 bits per heavy atom. The van der Waals surface area contributed by atoms with Crippen molar-refractivity contribution in [1.82, 2.24) is 4.90 Å². The van der Waals surface area contributed by atoms with Crippen LogP contribution in [-0.4, -0.2) is 35.3 Å². The van der Waals surface area contributed by atoms with E-state index in [1.165, 1.54) is 24.2 Å². The van der Waals surface area contributed by atoms with Crippen molar-refractivity contribution >= 4 is 21.1 Å². The van der Waals surface area contributed by atoms with E-state index in [2.05, 4.69) is 9.26 Å². The summed E-state index contributed by atoms with van der Waals surface area (Å²) in [6, 6.07) is 13.5. The Kier molecular flexibility index (Phi) is 4.73. The van der Waals surface area contributed by atoms with Crippen LogP contribution in [0.2, 0.25) is 0 Å². The minimum Gasteiger partial charge on any atom is -0.301 e. The molecule has 1 aromatic carbocycles. The van der Waals surface area contributed by atoms with Crippen LogP contribution >= 0.6 is 11.3 Å². The molecule has 1 fully saturated rings. The molecule has 0 saturated carbocycles. The van der Waals surface area contributed by atoms with Crippen LogP contribution in [0.4, 0.5) is 0 Å². The van der Waals surface area contributed by atoms with E-state index in [1.54, 1.807) is 0 Å². The normalized spacial score (nSPS) is 18.5. The Morgan fingerprint density at radius 2 is 1.86 bits per heavy atom. The van der Waals surface area contributed by atoms with Crippen LogP contribution in [0.3, 0.4) is 0 Å². The molecule has 1 unspecified atom stereocenters. The maximum atomic E-state index is 13.4. The highest BCUT2D eigenvalue weighted by molar-refractivity contribution is 7.95. The van der Waals surface area contributed by atoms with Crippen LogP contribution in [0.1, 0.15) is 12.8 Å². The molecule has 0 aliphatic carbocycles. The van der Waals surface area contributed by atoms with Gasteiger partial charge in [0.15, 0.2) is 0 Å². The van der Waals surface area contributed by atoms with E-state index in [0.717, 1.165) is 28.7 Å². The fourth-order valence-corrected chi connectivity index (χ4v) is 5.82. The first-order valence-corrected chi connectivity index (χ1v) is 9.72. The fraction of sp³-hybridized carbons (Fsp3) is 0.375. The van der Waals surface area contributed by atoms with Crippen LogP contribution in [-0.2, 0) is 9.73 Å². The predicted octanol–water partition coefficient (Wildman–Crippen LogP) is 3.73. The molecule has 0 radical (unpaired) electrons. The molecule has 3 nitrogen and oxygen atoms in total. The summed E-state index contributed by atoms with van der Waals surface area (Å²) in [4.78, 5) is 3.22. The summed E-state index contributed by atoms with van der Waals surface area (Å²) in [6.45, 7) is 3.85. The van der Waals surface area contributed by atoms with Gasteiger partial charge in [0.25, 0.3) is 0 Å². The molecule has 1 saturated heterocycles. The lowest BCUT2D eigenvalue weighted by molar-refractivity contribution is 0.349. The molecule has 0 amide bonds. The summed E-state index contributed by atoms with van der Waals surface area (Å²) < 4.78 is 18.9. The largest absolute Gasteiger partial charge is 0.301 e. The van der Waals surface area contributed by atoms with E-state index in [1.807, 2.05) is 47.8 Å². The Hall–Kier alpha value is -1.17. The number of likely N-dealkylation sites (tertiary alicyclic amines) is 1. The van der Waals surface area contributed by atoms with Crippen molar-refractivity contribution in [3.8, 4) is 0 Å². The third kappa shape index (κ3) is 3.36. The molecule has 3 rings (SSSR count). The monoisotopic (exact) mass is 320 g/mol. The van der Waals surface area contributed by atoms with Crippen molar-refractivity contribution in [3.63, 3.8) is 0 Å². The molecule has 21 heavy (non-hydrogen) atoms. The standard InChI is InChI=1S/C16H20N2OS2/c19-21(16-9-6-14-20-16,15-7-2-1-3-8-15)17-10-13-18-11-4-5-12-18/h1-3,6-9,14H,4-5,10-13H2. The minimum atomic E-state index is -2.48. The lowest BCUT2D eigenvalue weighted by atomic mass is 10.4. The van der Waals surface area contributed by atoms with Gasteiger partial charge in [-0.3, -0.25) is 0 Å². The summed E-state index contributed by atoms with van der Waals surface area (Å²) >= 11 is 1.52. The molecule has 0 spiro atoms. The Labute approximate surface area is 130 Å². The Balaban J connectivity index is 1.87. The number of nitrogens with zero attached hydrogens (tertiary/aromatic N) is 2. The van der Waals surface area contributed by atoms with Gasteiger partial charge < -0.3 is 4.90 Å². The first-order valence-electron chi connectivity index (χ1n) is 7.33. The van der Waals surface area contributed by atoms with Crippen molar-refractivity contribution in [1.29, 1.82) is 0 Å². The van der Waals surface area contributed by atoms with Gasteiger partial charge in [-0.25, -0.2) is 8.57 Å². The molecular formula is C16H20N2OS2. The topological polar surface area (TPSA) is 32.7 Å². The number of thiophene rings is 1. The van der Waals surface area contributed by atoms with E-state index in [4.69, 9.17) is 0 Å². The second-order valence-electron chi connectivity index (χ2n) is 5.17. The average Bonchev–Trinajstić information content (AvgIpc) is 3.21. The second-order valence-corrected chi connectivity index (χ2v) is 8.60. The number of hydrogen-bond acceptors (Lipinski definition) is 4. The van der Waals surface area contributed by atoms with Gasteiger partial charge in [-0.2, -0.15) is 0 Å². The number of benzene rings is 1. The summed E-state index contributed by atoms with van der Waals surface area (Å²) in [5, 5.41) is 1.97. The van der Waals surface area contributed by atoms with Gasteiger partial charge in [-0.15, -0.1) is 11.3 Å². The highest BCUT2D eigenvalue weighted by Gasteiger charge is 2.17. The molecule has 1 aliphatic heterocycles. The lowest BCUT2D eigenvalue weighted by Crippen LogP contribution is -2.22. The molecule has 2 heterocycles. The van der Waals surface area contributed by atoms with E-state index >= 15 is 0 Å². The third-order valence-corrected chi connectivity index (χ3v) is 7.49. The number of rotatable bonds is 5. The highest BCUT2D eigenvalue weighted by atomic mass is 32.2. The smallest absolute Gasteiger partial charge is 0.113 e. The van der Waals surface area contributed by atoms with Crippen molar-refractivity contribution in [2.75, 3.05) is 26.2 Å². The second kappa shape index (κ2) is 6.73. The first kappa shape index (κ1) is 14.8. The van der Waals surface area contributed by atoms with Crippen LogP contribution in [0.15, 0.2) is 61.3 Å². The average molecular weight is 320 g/mol. The van der Waals surface area contributed by atoms with Crippen LogP contribution in [0.5, 0.6) is 0 Å². The third-order valence-electron chi connectivity index (χ3n) is 3.72. The highest BCUT2D eigenvalue weighted by Crippen LogP contribution is 2.27.